The minimum Gasteiger partial charge on any atom is -0.330 e. The van der Waals surface area contributed by atoms with Crippen molar-refractivity contribution in [1.82, 2.24) is 4.90 Å². The molecule has 0 saturated carbocycles. The lowest BCUT2D eigenvalue weighted by Gasteiger charge is -2.25. The van der Waals surface area contributed by atoms with Crippen LogP contribution in [0.2, 0.25) is 0 Å². The maximum Gasteiger partial charge on any atom is 0.0106 e. The molecule has 0 amide bonds. The molecule has 3 heteroatoms. The number of hydrogen-bond donors (Lipinski definition) is 2. The molecule has 13 heavy (non-hydrogen) atoms. The average molecular weight is 185 g/mol. The molecule has 0 aromatic carbocycles. The summed E-state index contributed by atoms with van der Waals surface area (Å²) in [5.41, 5.74) is 11.7. The Kier molecular flexibility index (Phi) is 4.16. The van der Waals surface area contributed by atoms with E-state index in [-0.39, 0.29) is 0 Å². The Morgan fingerprint density at radius 3 is 2.69 bits per heavy atom. The monoisotopic (exact) mass is 185 g/mol. The molecule has 0 aromatic rings. The lowest BCUT2D eigenvalue weighted by molar-refractivity contribution is 0.306. The van der Waals surface area contributed by atoms with Crippen molar-refractivity contribution in [2.24, 2.45) is 23.3 Å². The van der Waals surface area contributed by atoms with Gasteiger partial charge in [-0.15, -0.1) is 0 Å². The van der Waals surface area contributed by atoms with Crippen molar-refractivity contribution >= 4 is 0 Å². The molecule has 4 N–H and O–H groups in total. The molecule has 78 valence electrons. The molecule has 0 aliphatic carbocycles. The zero-order chi connectivity index (χ0) is 9.84. The first-order chi connectivity index (χ1) is 6.15. The zero-order valence-electron chi connectivity index (χ0n) is 8.87. The van der Waals surface area contributed by atoms with Crippen LogP contribution < -0.4 is 11.5 Å². The molecular formula is C10H23N3. The molecule has 3 nitrogen and oxygen atoms in total. The van der Waals surface area contributed by atoms with Crippen molar-refractivity contribution in [2.45, 2.75) is 25.8 Å². The maximum atomic E-state index is 6.19. The van der Waals surface area contributed by atoms with Crippen LogP contribution in [0.15, 0.2) is 0 Å². The van der Waals surface area contributed by atoms with Crippen LogP contribution in [0.25, 0.3) is 0 Å². The van der Waals surface area contributed by atoms with Gasteiger partial charge in [0, 0.05) is 12.6 Å². The standard InChI is InChI=1S/C10H23N3/c1-8(3-5-11)10(12)9-4-6-13(2)7-9/h8-10H,3-7,11-12H2,1-2H3. The summed E-state index contributed by atoms with van der Waals surface area (Å²) in [7, 11) is 2.17. The molecule has 0 spiro atoms. The molecule has 1 aliphatic heterocycles. The van der Waals surface area contributed by atoms with Crippen LogP contribution in [0, 0.1) is 11.8 Å². The van der Waals surface area contributed by atoms with Gasteiger partial charge >= 0.3 is 0 Å². The van der Waals surface area contributed by atoms with Gasteiger partial charge in [-0.25, -0.2) is 0 Å². The smallest absolute Gasteiger partial charge is 0.0106 e. The van der Waals surface area contributed by atoms with Crippen molar-refractivity contribution in [3.63, 3.8) is 0 Å². The quantitative estimate of drug-likeness (QED) is 0.660. The lowest BCUT2D eigenvalue weighted by atomic mass is 9.87. The van der Waals surface area contributed by atoms with Gasteiger partial charge in [-0.1, -0.05) is 6.92 Å². The predicted molar refractivity (Wildman–Crippen MR) is 56.4 cm³/mol. The zero-order valence-corrected chi connectivity index (χ0v) is 8.87. The summed E-state index contributed by atoms with van der Waals surface area (Å²) in [4.78, 5) is 2.36. The van der Waals surface area contributed by atoms with Crippen molar-refractivity contribution in [3.8, 4) is 0 Å². The topological polar surface area (TPSA) is 55.3 Å². The highest BCUT2D eigenvalue weighted by Gasteiger charge is 2.28. The Hall–Kier alpha value is -0.120. The van der Waals surface area contributed by atoms with Gasteiger partial charge in [0.15, 0.2) is 0 Å². The van der Waals surface area contributed by atoms with Crippen LogP contribution in [0.3, 0.4) is 0 Å². The summed E-state index contributed by atoms with van der Waals surface area (Å²) in [6, 6.07) is 0.341. The van der Waals surface area contributed by atoms with Gasteiger partial charge in [0.1, 0.15) is 0 Å². The van der Waals surface area contributed by atoms with Crippen molar-refractivity contribution in [3.05, 3.63) is 0 Å². The summed E-state index contributed by atoms with van der Waals surface area (Å²) in [5.74, 6) is 1.26. The summed E-state index contributed by atoms with van der Waals surface area (Å²) in [5, 5.41) is 0. The van der Waals surface area contributed by atoms with E-state index in [0.29, 0.717) is 17.9 Å². The minimum atomic E-state index is 0.341. The summed E-state index contributed by atoms with van der Waals surface area (Å²) < 4.78 is 0. The van der Waals surface area contributed by atoms with E-state index in [1.165, 1.54) is 13.0 Å². The van der Waals surface area contributed by atoms with Crippen molar-refractivity contribution < 1.29 is 0 Å². The van der Waals surface area contributed by atoms with E-state index in [1.54, 1.807) is 0 Å². The minimum absolute atomic E-state index is 0.341. The van der Waals surface area contributed by atoms with Gasteiger partial charge in [0.05, 0.1) is 0 Å². The first-order valence-electron chi connectivity index (χ1n) is 5.29. The highest BCUT2D eigenvalue weighted by Crippen LogP contribution is 2.22. The highest BCUT2D eigenvalue weighted by atomic mass is 15.1. The van der Waals surface area contributed by atoms with Gasteiger partial charge in [-0.3, -0.25) is 0 Å². The average Bonchev–Trinajstić information content (AvgIpc) is 2.51. The first kappa shape index (κ1) is 11.0. The number of rotatable bonds is 4. The fraction of sp³-hybridized carbons (Fsp3) is 1.00. The Balaban J connectivity index is 2.33. The van der Waals surface area contributed by atoms with Gasteiger partial charge in [0.25, 0.3) is 0 Å². The van der Waals surface area contributed by atoms with Crippen molar-refractivity contribution in [1.29, 1.82) is 0 Å². The molecule has 1 heterocycles. The largest absolute Gasteiger partial charge is 0.330 e. The molecule has 0 radical (unpaired) electrons. The normalized spacial score (nSPS) is 29.1. The Morgan fingerprint density at radius 1 is 1.54 bits per heavy atom. The molecule has 1 rings (SSSR count). The molecule has 1 fully saturated rings. The van der Waals surface area contributed by atoms with Crippen LogP contribution in [-0.4, -0.2) is 37.6 Å². The van der Waals surface area contributed by atoms with Crippen LogP contribution >= 0.6 is 0 Å². The van der Waals surface area contributed by atoms with Gasteiger partial charge in [-0.2, -0.15) is 0 Å². The van der Waals surface area contributed by atoms with E-state index in [2.05, 4.69) is 18.9 Å². The lowest BCUT2D eigenvalue weighted by Crippen LogP contribution is -2.38. The van der Waals surface area contributed by atoms with Gasteiger partial charge in [-0.05, 0) is 44.8 Å². The van der Waals surface area contributed by atoms with Crippen molar-refractivity contribution in [2.75, 3.05) is 26.7 Å². The summed E-state index contributed by atoms with van der Waals surface area (Å²) in [6.45, 7) is 5.34. The number of likely N-dealkylation sites (tertiary alicyclic amines) is 1. The fourth-order valence-electron chi connectivity index (χ4n) is 2.20. The number of hydrogen-bond acceptors (Lipinski definition) is 3. The van der Waals surface area contributed by atoms with E-state index < -0.39 is 0 Å². The van der Waals surface area contributed by atoms with E-state index in [4.69, 9.17) is 11.5 Å². The first-order valence-corrected chi connectivity index (χ1v) is 5.29. The third-order valence-corrected chi connectivity index (χ3v) is 3.25. The second kappa shape index (κ2) is 4.94. The third-order valence-electron chi connectivity index (χ3n) is 3.25. The van der Waals surface area contributed by atoms with E-state index in [9.17, 15) is 0 Å². The van der Waals surface area contributed by atoms with Crippen LogP contribution in [0.1, 0.15) is 19.8 Å². The van der Waals surface area contributed by atoms with E-state index >= 15 is 0 Å². The Labute approximate surface area is 81.5 Å². The second-order valence-corrected chi connectivity index (χ2v) is 4.44. The highest BCUT2D eigenvalue weighted by molar-refractivity contribution is 4.84. The third kappa shape index (κ3) is 2.93. The number of nitrogens with two attached hydrogens (primary N) is 2. The van der Waals surface area contributed by atoms with E-state index in [0.717, 1.165) is 19.5 Å². The predicted octanol–water partition coefficient (Wildman–Crippen LogP) is 0.250. The molecule has 3 atom stereocenters. The van der Waals surface area contributed by atoms with Crippen LogP contribution in [0.4, 0.5) is 0 Å². The second-order valence-electron chi connectivity index (χ2n) is 4.44. The van der Waals surface area contributed by atoms with Gasteiger partial charge < -0.3 is 16.4 Å². The number of nitrogens with zero attached hydrogens (tertiary/aromatic N) is 1. The molecular weight excluding hydrogens is 162 g/mol. The molecule has 0 bridgehead atoms. The summed E-state index contributed by atoms with van der Waals surface area (Å²) >= 11 is 0. The summed E-state index contributed by atoms with van der Waals surface area (Å²) in [6.07, 6.45) is 2.31. The molecule has 3 unspecified atom stereocenters. The van der Waals surface area contributed by atoms with E-state index in [1.807, 2.05) is 0 Å². The van der Waals surface area contributed by atoms with Crippen LogP contribution in [0.5, 0.6) is 0 Å². The van der Waals surface area contributed by atoms with Crippen LogP contribution in [-0.2, 0) is 0 Å². The van der Waals surface area contributed by atoms with Gasteiger partial charge in [0.2, 0.25) is 0 Å². The molecule has 0 aromatic heterocycles. The maximum absolute atomic E-state index is 6.19. The molecule has 1 saturated heterocycles. The molecule has 1 aliphatic rings. The Bertz CT molecular complexity index is 149. The Morgan fingerprint density at radius 2 is 2.23 bits per heavy atom. The SMILES string of the molecule is CC(CCN)C(N)C1CCN(C)C1. The fourth-order valence-corrected chi connectivity index (χ4v) is 2.20.